The maximum Gasteiger partial charge on any atom is 0.181 e. The SMILES string of the molecule is COc1ccc2c(c1F)Sc1ccccc1N2. The summed E-state index contributed by atoms with van der Waals surface area (Å²) in [6, 6.07) is 11.3. The Morgan fingerprint density at radius 3 is 2.76 bits per heavy atom. The van der Waals surface area contributed by atoms with E-state index < -0.39 is 0 Å². The molecule has 0 bridgehead atoms. The highest BCUT2D eigenvalue weighted by Crippen LogP contribution is 2.46. The molecule has 4 heteroatoms. The topological polar surface area (TPSA) is 21.3 Å². The second-order valence-electron chi connectivity index (χ2n) is 3.68. The number of methoxy groups -OCH3 is 1. The number of nitrogens with one attached hydrogen (secondary N) is 1. The van der Waals surface area contributed by atoms with E-state index in [0.29, 0.717) is 4.90 Å². The Balaban J connectivity index is 2.12. The first-order valence-electron chi connectivity index (χ1n) is 5.20. The molecule has 1 N–H and O–H groups in total. The standard InChI is InChI=1S/C13H10FNOS/c1-16-10-7-6-9-13(12(10)14)17-11-5-3-2-4-8(11)15-9/h2-7,15H,1H3. The summed E-state index contributed by atoms with van der Waals surface area (Å²) in [5, 5.41) is 3.22. The third kappa shape index (κ3) is 1.65. The molecule has 0 aromatic heterocycles. The molecule has 0 saturated heterocycles. The molecular weight excluding hydrogens is 237 g/mol. The summed E-state index contributed by atoms with van der Waals surface area (Å²) in [4.78, 5) is 1.61. The molecular formula is C13H10FNOS. The van der Waals surface area contributed by atoms with Crippen molar-refractivity contribution < 1.29 is 9.13 Å². The minimum Gasteiger partial charge on any atom is -0.494 e. The lowest BCUT2D eigenvalue weighted by molar-refractivity contribution is 0.382. The zero-order valence-electron chi connectivity index (χ0n) is 9.16. The first-order valence-corrected chi connectivity index (χ1v) is 6.01. The summed E-state index contributed by atoms with van der Waals surface area (Å²) in [6.07, 6.45) is 0. The van der Waals surface area contributed by atoms with Crippen LogP contribution in [0, 0.1) is 5.82 Å². The van der Waals surface area contributed by atoms with Crippen LogP contribution >= 0.6 is 11.8 Å². The second-order valence-corrected chi connectivity index (χ2v) is 4.73. The van der Waals surface area contributed by atoms with Gasteiger partial charge in [0.15, 0.2) is 11.6 Å². The van der Waals surface area contributed by atoms with E-state index in [1.165, 1.54) is 18.9 Å². The maximum absolute atomic E-state index is 14.1. The zero-order valence-corrected chi connectivity index (χ0v) is 9.98. The molecule has 1 aliphatic rings. The summed E-state index contributed by atoms with van der Waals surface area (Å²) >= 11 is 1.42. The molecule has 2 nitrogen and oxygen atoms in total. The van der Waals surface area contributed by atoms with Crippen LogP contribution in [0.4, 0.5) is 15.8 Å². The Kier molecular flexibility index (Phi) is 2.44. The van der Waals surface area contributed by atoms with Crippen molar-refractivity contribution in [2.45, 2.75) is 9.79 Å². The van der Waals surface area contributed by atoms with Crippen LogP contribution in [-0.4, -0.2) is 7.11 Å². The van der Waals surface area contributed by atoms with Gasteiger partial charge in [-0.1, -0.05) is 23.9 Å². The summed E-state index contributed by atoms with van der Waals surface area (Å²) < 4.78 is 19.0. The molecule has 0 fully saturated rings. The van der Waals surface area contributed by atoms with Crippen molar-refractivity contribution in [2.75, 3.05) is 12.4 Å². The zero-order chi connectivity index (χ0) is 11.8. The number of halogens is 1. The van der Waals surface area contributed by atoms with Crippen molar-refractivity contribution in [3.63, 3.8) is 0 Å². The van der Waals surface area contributed by atoms with Gasteiger partial charge in [-0.3, -0.25) is 0 Å². The van der Waals surface area contributed by atoms with Crippen LogP contribution in [0.25, 0.3) is 0 Å². The van der Waals surface area contributed by atoms with E-state index in [1.54, 1.807) is 6.07 Å². The van der Waals surface area contributed by atoms with Crippen LogP contribution in [0.15, 0.2) is 46.2 Å². The number of benzene rings is 2. The molecule has 1 aliphatic heterocycles. The molecule has 3 rings (SSSR count). The third-order valence-corrected chi connectivity index (χ3v) is 3.83. The fourth-order valence-electron chi connectivity index (χ4n) is 1.81. The molecule has 0 amide bonds. The average Bonchev–Trinajstić information content (AvgIpc) is 2.37. The van der Waals surface area contributed by atoms with E-state index in [9.17, 15) is 4.39 Å². The van der Waals surface area contributed by atoms with Gasteiger partial charge in [-0.05, 0) is 24.3 Å². The van der Waals surface area contributed by atoms with Gasteiger partial charge in [-0.25, -0.2) is 4.39 Å². The van der Waals surface area contributed by atoms with Crippen LogP contribution in [0.3, 0.4) is 0 Å². The number of hydrogen-bond donors (Lipinski definition) is 1. The molecule has 0 unspecified atom stereocenters. The molecule has 0 atom stereocenters. The number of hydrogen-bond acceptors (Lipinski definition) is 3. The summed E-state index contributed by atoms with van der Waals surface area (Å²) in [7, 11) is 1.47. The van der Waals surface area contributed by atoms with Gasteiger partial charge in [0.25, 0.3) is 0 Å². The van der Waals surface area contributed by atoms with Gasteiger partial charge in [-0.2, -0.15) is 0 Å². The minimum atomic E-state index is -0.308. The highest BCUT2D eigenvalue weighted by molar-refractivity contribution is 7.99. The number of ether oxygens (including phenoxy) is 1. The van der Waals surface area contributed by atoms with Crippen LogP contribution < -0.4 is 10.1 Å². The van der Waals surface area contributed by atoms with Gasteiger partial charge in [0.05, 0.1) is 23.4 Å². The predicted molar refractivity (Wildman–Crippen MR) is 66.8 cm³/mol. The first-order chi connectivity index (χ1) is 8.29. The largest absolute Gasteiger partial charge is 0.494 e. The van der Waals surface area contributed by atoms with Gasteiger partial charge in [0.1, 0.15) is 0 Å². The normalized spacial score (nSPS) is 12.4. The van der Waals surface area contributed by atoms with Crippen LogP contribution in [0.2, 0.25) is 0 Å². The van der Waals surface area contributed by atoms with Gasteiger partial charge in [0.2, 0.25) is 0 Å². The molecule has 17 heavy (non-hydrogen) atoms. The minimum absolute atomic E-state index is 0.275. The Morgan fingerprint density at radius 2 is 1.94 bits per heavy atom. The molecule has 0 spiro atoms. The van der Waals surface area contributed by atoms with Crippen molar-refractivity contribution in [3.05, 3.63) is 42.2 Å². The van der Waals surface area contributed by atoms with Crippen molar-refractivity contribution in [2.24, 2.45) is 0 Å². The highest BCUT2D eigenvalue weighted by Gasteiger charge is 2.21. The van der Waals surface area contributed by atoms with E-state index in [4.69, 9.17) is 4.74 Å². The fraction of sp³-hybridized carbons (Fsp3) is 0.0769. The van der Waals surface area contributed by atoms with Crippen molar-refractivity contribution in [1.82, 2.24) is 0 Å². The van der Waals surface area contributed by atoms with Crippen LogP contribution in [0.1, 0.15) is 0 Å². The van der Waals surface area contributed by atoms with Gasteiger partial charge in [-0.15, -0.1) is 0 Å². The second kappa shape index (κ2) is 3.96. The Hall–Kier alpha value is -1.68. The Bertz CT molecular complexity index is 586. The lowest BCUT2D eigenvalue weighted by Gasteiger charge is -2.21. The van der Waals surface area contributed by atoms with E-state index in [0.717, 1.165) is 16.3 Å². The van der Waals surface area contributed by atoms with Crippen molar-refractivity contribution in [1.29, 1.82) is 0 Å². The lowest BCUT2D eigenvalue weighted by Crippen LogP contribution is -2.02. The first kappa shape index (κ1) is 10.5. The fourth-order valence-corrected chi connectivity index (χ4v) is 2.82. The number of rotatable bonds is 1. The van der Waals surface area contributed by atoms with Gasteiger partial charge in [0, 0.05) is 4.90 Å². The number of fused-ring (bicyclic) bond motifs is 2. The number of anilines is 2. The molecule has 0 saturated carbocycles. The molecule has 2 aromatic rings. The number of para-hydroxylation sites is 1. The van der Waals surface area contributed by atoms with Crippen LogP contribution in [0.5, 0.6) is 5.75 Å². The molecule has 86 valence electrons. The molecule has 2 aromatic carbocycles. The molecule has 0 aliphatic carbocycles. The van der Waals surface area contributed by atoms with Crippen molar-refractivity contribution in [3.8, 4) is 5.75 Å². The molecule has 0 radical (unpaired) electrons. The van der Waals surface area contributed by atoms with Gasteiger partial charge < -0.3 is 10.1 Å². The Morgan fingerprint density at radius 1 is 1.12 bits per heavy atom. The average molecular weight is 247 g/mol. The van der Waals surface area contributed by atoms with E-state index >= 15 is 0 Å². The maximum atomic E-state index is 14.1. The summed E-state index contributed by atoms with van der Waals surface area (Å²) in [5.74, 6) is -0.0329. The van der Waals surface area contributed by atoms with E-state index in [2.05, 4.69) is 5.32 Å². The Labute approximate surface area is 103 Å². The highest BCUT2D eigenvalue weighted by atomic mass is 32.2. The quantitative estimate of drug-likeness (QED) is 0.701. The monoisotopic (exact) mass is 247 g/mol. The predicted octanol–water partition coefficient (Wildman–Crippen LogP) is 4.04. The smallest absolute Gasteiger partial charge is 0.181 e. The summed E-state index contributed by atoms with van der Waals surface area (Å²) in [5.41, 5.74) is 1.79. The summed E-state index contributed by atoms with van der Waals surface area (Å²) in [6.45, 7) is 0. The lowest BCUT2D eigenvalue weighted by atomic mass is 10.2. The van der Waals surface area contributed by atoms with Gasteiger partial charge >= 0.3 is 0 Å². The van der Waals surface area contributed by atoms with Crippen LogP contribution in [-0.2, 0) is 0 Å². The van der Waals surface area contributed by atoms with Crippen molar-refractivity contribution >= 4 is 23.1 Å². The van der Waals surface area contributed by atoms with E-state index in [-0.39, 0.29) is 11.6 Å². The molecule has 1 heterocycles. The van der Waals surface area contributed by atoms with E-state index in [1.807, 2.05) is 30.3 Å². The third-order valence-electron chi connectivity index (χ3n) is 2.65.